The number of carboxylic acids is 3. The Kier molecular flexibility index (Phi) is 16.0. The quantitative estimate of drug-likeness (QED) is 0.0859. The molecular weight excluding hydrogens is 619 g/mol. The lowest BCUT2D eigenvalue weighted by molar-refractivity contribution is -0.144. The molecule has 4 atom stereocenters. The molecule has 0 spiro atoms. The summed E-state index contributed by atoms with van der Waals surface area (Å²) in [6.07, 6.45) is -4.48. The minimum absolute atomic E-state index is 0.225. The summed E-state index contributed by atoms with van der Waals surface area (Å²) < 4.78 is 17.7. The molecule has 0 saturated carbocycles. The van der Waals surface area contributed by atoms with Crippen molar-refractivity contribution in [3.8, 4) is 0 Å². The fourth-order valence-electron chi connectivity index (χ4n) is 3.79. The van der Waals surface area contributed by atoms with E-state index < -0.39 is 116 Å². The maximum Gasteiger partial charge on any atom is 0.408 e. The molecule has 17 nitrogen and oxygen atoms in total. The summed E-state index contributed by atoms with van der Waals surface area (Å²) in [4.78, 5) is 109. The van der Waals surface area contributed by atoms with E-state index in [4.69, 9.17) is 14.9 Å². The van der Waals surface area contributed by atoms with Gasteiger partial charge >= 0.3 is 24.0 Å². The highest BCUT2D eigenvalue weighted by atomic mass is 19.1. The Hall–Kier alpha value is -5.42. The largest absolute Gasteiger partial charge is 0.481 e. The summed E-state index contributed by atoms with van der Waals surface area (Å²) in [7, 11) is 0. The number of halogens is 1. The molecule has 4 amide bonds. The number of aliphatic carboxylic acids is 3. The van der Waals surface area contributed by atoms with Gasteiger partial charge in [-0.05, 0) is 17.9 Å². The van der Waals surface area contributed by atoms with Crippen molar-refractivity contribution >= 4 is 53.3 Å². The molecule has 0 fully saturated rings. The lowest BCUT2D eigenvalue weighted by atomic mass is 10.00. The smallest absolute Gasteiger partial charge is 0.408 e. The third kappa shape index (κ3) is 13.9. The predicted molar refractivity (Wildman–Crippen MR) is 152 cm³/mol. The zero-order valence-corrected chi connectivity index (χ0v) is 24.8. The molecule has 0 aromatic heterocycles. The van der Waals surface area contributed by atoms with E-state index in [9.17, 15) is 52.6 Å². The normalized spacial score (nSPS) is 13.2. The van der Waals surface area contributed by atoms with E-state index in [1.165, 1.54) is 13.8 Å². The van der Waals surface area contributed by atoms with E-state index in [2.05, 4.69) is 16.0 Å². The first kappa shape index (κ1) is 38.6. The Morgan fingerprint density at radius 3 is 1.78 bits per heavy atom. The number of Topliss-reactive ketones (excluding diaryl/α,β-unsaturated/α-hetero) is 2. The summed E-state index contributed by atoms with van der Waals surface area (Å²) in [6, 6.07) is 1.32. The minimum atomic E-state index is -1.97. The molecule has 0 unspecified atom stereocenters. The second-order valence-corrected chi connectivity index (χ2v) is 10.2. The minimum Gasteiger partial charge on any atom is -0.481 e. The summed E-state index contributed by atoms with van der Waals surface area (Å²) in [5.74, 6) is -12.0. The van der Waals surface area contributed by atoms with Crippen LogP contribution in [0.15, 0.2) is 30.3 Å². The van der Waals surface area contributed by atoms with Gasteiger partial charge in [0.1, 0.15) is 30.8 Å². The zero-order chi connectivity index (χ0) is 35.0. The number of benzene rings is 1. The highest BCUT2D eigenvalue weighted by molar-refractivity contribution is 6.40. The fourth-order valence-corrected chi connectivity index (χ4v) is 3.79. The van der Waals surface area contributed by atoms with Gasteiger partial charge in [0.25, 0.3) is 0 Å². The number of hydrogen-bond acceptors (Lipinski definition) is 10. The number of carbonyl (C=O) groups excluding carboxylic acids is 6. The molecule has 1 aromatic rings. The Balaban J connectivity index is 3.13. The molecular formula is C28H35FN4O13. The van der Waals surface area contributed by atoms with E-state index >= 15 is 0 Å². The Morgan fingerprint density at radius 1 is 0.717 bits per heavy atom. The van der Waals surface area contributed by atoms with Crippen LogP contribution in [0, 0.1) is 5.92 Å². The number of ketones is 2. The number of rotatable bonds is 20. The number of carbonyl (C=O) groups is 9. The first-order valence-corrected chi connectivity index (χ1v) is 13.7. The Labute approximate surface area is 261 Å². The van der Waals surface area contributed by atoms with Crippen LogP contribution in [-0.2, 0) is 49.7 Å². The van der Waals surface area contributed by atoms with Crippen molar-refractivity contribution in [3.05, 3.63) is 35.9 Å². The van der Waals surface area contributed by atoms with Gasteiger partial charge in [-0.3, -0.25) is 38.4 Å². The lowest BCUT2D eigenvalue weighted by Crippen LogP contribution is -2.59. The van der Waals surface area contributed by atoms with Crippen molar-refractivity contribution in [1.82, 2.24) is 21.3 Å². The van der Waals surface area contributed by atoms with Crippen LogP contribution >= 0.6 is 0 Å². The Bertz CT molecular complexity index is 1310. The van der Waals surface area contributed by atoms with Crippen molar-refractivity contribution in [1.29, 1.82) is 0 Å². The van der Waals surface area contributed by atoms with Crippen molar-refractivity contribution in [3.63, 3.8) is 0 Å². The van der Waals surface area contributed by atoms with Crippen LogP contribution < -0.4 is 21.3 Å². The van der Waals surface area contributed by atoms with E-state index in [1.807, 2.05) is 5.32 Å². The summed E-state index contributed by atoms with van der Waals surface area (Å²) in [6.45, 7) is 0.869. The Morgan fingerprint density at radius 2 is 1.26 bits per heavy atom. The number of carboxylic acid groups (broad SMARTS) is 3. The molecule has 1 rings (SSSR count). The van der Waals surface area contributed by atoms with Crippen molar-refractivity contribution in [2.24, 2.45) is 5.92 Å². The fraction of sp³-hybridized carbons (Fsp3) is 0.464. The van der Waals surface area contributed by atoms with Crippen LogP contribution in [0.25, 0.3) is 0 Å². The van der Waals surface area contributed by atoms with Crippen LogP contribution in [0.4, 0.5) is 9.18 Å². The standard InChI is InChI=1S/C28H35FN4O13/c1-14(2)23(27(44)31-17(10-21(37)38)24(41)19(34)12-29)33-25(42)16(8-9-20(35)36)30-26(43)18(11-22(39)40)32-28(45)46-13-15-6-4-3-5-7-15/h3-7,14,16-18,23H,8-13H2,1-2H3,(H,30,43)(H,31,44)(H,32,45)(H,33,42)(H,35,36)(H,37,38)(H,39,40)/t16-,17-,18-,23-/m0/s1. The highest BCUT2D eigenvalue weighted by Gasteiger charge is 2.35. The third-order valence-corrected chi connectivity index (χ3v) is 6.13. The van der Waals surface area contributed by atoms with Gasteiger partial charge in [0.15, 0.2) is 6.67 Å². The van der Waals surface area contributed by atoms with Crippen molar-refractivity contribution < 1.29 is 67.6 Å². The van der Waals surface area contributed by atoms with E-state index in [1.54, 1.807) is 30.3 Å². The molecule has 0 saturated heterocycles. The van der Waals surface area contributed by atoms with E-state index in [0.717, 1.165) is 0 Å². The monoisotopic (exact) mass is 654 g/mol. The average molecular weight is 655 g/mol. The first-order chi connectivity index (χ1) is 21.5. The van der Waals surface area contributed by atoms with Gasteiger partial charge in [0.05, 0.1) is 12.8 Å². The topological polar surface area (TPSA) is 272 Å². The van der Waals surface area contributed by atoms with Gasteiger partial charge in [0, 0.05) is 6.42 Å². The molecule has 7 N–H and O–H groups in total. The predicted octanol–water partition coefficient (Wildman–Crippen LogP) is -0.686. The van der Waals surface area contributed by atoms with Crippen LogP contribution in [0.5, 0.6) is 0 Å². The number of alkyl carbamates (subject to hydrolysis) is 1. The SMILES string of the molecule is CC(C)[C@H](NC(=O)[C@H](CCC(=O)O)NC(=O)[C@H](CC(=O)O)NC(=O)OCc1ccccc1)C(=O)N[C@@H](CC(=O)O)C(=O)C(=O)CF. The molecule has 252 valence electrons. The third-order valence-electron chi connectivity index (χ3n) is 6.13. The van der Waals surface area contributed by atoms with Gasteiger partial charge in [0.2, 0.25) is 29.3 Å². The molecule has 1 aromatic carbocycles. The van der Waals surface area contributed by atoms with E-state index in [-0.39, 0.29) is 6.61 Å². The molecule has 0 aliphatic rings. The number of amides is 4. The number of nitrogens with one attached hydrogen (secondary N) is 4. The molecule has 0 aliphatic carbocycles. The van der Waals surface area contributed by atoms with Gasteiger partial charge in [-0.25, -0.2) is 9.18 Å². The lowest BCUT2D eigenvalue weighted by Gasteiger charge is -2.27. The maximum absolute atomic E-state index is 13.2. The van der Waals surface area contributed by atoms with Gasteiger partial charge in [-0.1, -0.05) is 44.2 Å². The average Bonchev–Trinajstić information content (AvgIpc) is 2.98. The van der Waals surface area contributed by atoms with E-state index in [0.29, 0.717) is 5.56 Å². The molecule has 18 heteroatoms. The maximum atomic E-state index is 13.2. The molecule has 0 bridgehead atoms. The molecule has 0 aliphatic heterocycles. The number of alkyl halides is 1. The van der Waals surface area contributed by atoms with Gasteiger partial charge < -0.3 is 41.3 Å². The highest BCUT2D eigenvalue weighted by Crippen LogP contribution is 2.08. The zero-order valence-electron chi connectivity index (χ0n) is 24.8. The summed E-state index contributed by atoms with van der Waals surface area (Å²) >= 11 is 0. The van der Waals surface area contributed by atoms with Gasteiger partial charge in [-0.2, -0.15) is 0 Å². The van der Waals surface area contributed by atoms with Crippen LogP contribution in [-0.4, -0.2) is 99.5 Å². The summed E-state index contributed by atoms with van der Waals surface area (Å²) in [5, 5.41) is 35.9. The van der Waals surface area contributed by atoms with Crippen LogP contribution in [0.3, 0.4) is 0 Å². The number of hydrogen-bond donors (Lipinski definition) is 7. The number of ether oxygens (including phenoxy) is 1. The second-order valence-electron chi connectivity index (χ2n) is 10.2. The van der Waals surface area contributed by atoms with Crippen molar-refractivity contribution in [2.45, 2.75) is 70.3 Å². The van der Waals surface area contributed by atoms with Gasteiger partial charge in [-0.15, -0.1) is 0 Å². The molecule has 46 heavy (non-hydrogen) atoms. The second kappa shape index (κ2) is 19.1. The molecule has 0 heterocycles. The van der Waals surface area contributed by atoms with Crippen molar-refractivity contribution in [2.75, 3.05) is 6.67 Å². The first-order valence-electron chi connectivity index (χ1n) is 13.7. The molecule has 0 radical (unpaired) electrons. The van der Waals surface area contributed by atoms with Crippen LogP contribution in [0.1, 0.15) is 45.1 Å². The summed E-state index contributed by atoms with van der Waals surface area (Å²) in [5.41, 5.74) is 0.582. The van der Waals surface area contributed by atoms with Crippen LogP contribution in [0.2, 0.25) is 0 Å².